The molecule has 0 atom stereocenters. The summed E-state index contributed by atoms with van der Waals surface area (Å²) in [4.78, 5) is 11.7. The van der Waals surface area contributed by atoms with Gasteiger partial charge < -0.3 is 23.5 Å². The lowest BCUT2D eigenvalue weighted by Gasteiger charge is -2.20. The summed E-state index contributed by atoms with van der Waals surface area (Å²) < 4.78 is 28.9. The van der Waals surface area contributed by atoms with Crippen LogP contribution in [0.15, 0.2) is 42.5 Å². The number of ether oxygens (including phenoxy) is 3. The first-order chi connectivity index (χ1) is 13.5. The van der Waals surface area contributed by atoms with Crippen LogP contribution in [-0.4, -0.2) is 45.9 Å². The predicted molar refractivity (Wildman–Crippen MR) is 106 cm³/mol. The molecule has 0 aromatic heterocycles. The van der Waals surface area contributed by atoms with Crippen molar-refractivity contribution in [3.8, 4) is 11.5 Å². The van der Waals surface area contributed by atoms with Crippen molar-refractivity contribution in [1.29, 1.82) is 0 Å². The lowest BCUT2D eigenvalue weighted by molar-refractivity contribution is 0.112. The maximum Gasteiger partial charge on any atom is 0.499 e. The van der Waals surface area contributed by atoms with Crippen LogP contribution >= 0.6 is 0 Å². The number of methoxy groups -OCH3 is 1. The monoisotopic (exact) mass is 384 g/mol. The third kappa shape index (κ3) is 4.92. The molecule has 1 aliphatic heterocycles. The second kappa shape index (κ2) is 9.23. The van der Waals surface area contributed by atoms with Crippen LogP contribution in [0.5, 0.6) is 11.5 Å². The van der Waals surface area contributed by atoms with E-state index in [1.165, 1.54) is 0 Å². The lowest BCUT2D eigenvalue weighted by atomic mass is 9.75. The van der Waals surface area contributed by atoms with Crippen LogP contribution in [0.2, 0.25) is 0 Å². The minimum absolute atomic E-state index is 0.309. The van der Waals surface area contributed by atoms with Crippen LogP contribution in [0.4, 0.5) is 0 Å². The van der Waals surface area contributed by atoms with E-state index in [4.69, 9.17) is 23.5 Å². The molecule has 7 heteroatoms. The highest BCUT2D eigenvalue weighted by Gasteiger charge is 2.42. The van der Waals surface area contributed by atoms with E-state index in [2.05, 4.69) is 0 Å². The van der Waals surface area contributed by atoms with Gasteiger partial charge in [-0.2, -0.15) is 0 Å². The first kappa shape index (κ1) is 20.4. The Kier molecular flexibility index (Phi) is 6.72. The van der Waals surface area contributed by atoms with E-state index >= 15 is 0 Å². The van der Waals surface area contributed by atoms with E-state index < -0.39 is 12.7 Å². The molecule has 0 amide bonds. The Morgan fingerprint density at radius 1 is 1.11 bits per heavy atom. The largest absolute Gasteiger partial charge is 0.499 e. The molecule has 0 radical (unpaired) electrons. The van der Waals surface area contributed by atoms with Gasteiger partial charge >= 0.3 is 7.12 Å². The minimum Gasteiger partial charge on any atom is -0.488 e. The molecule has 0 bridgehead atoms. The summed E-state index contributed by atoms with van der Waals surface area (Å²) in [6.07, 6.45) is 0.775. The first-order valence-corrected chi connectivity index (χ1v) is 9.24. The van der Waals surface area contributed by atoms with E-state index in [0.29, 0.717) is 49.0 Å². The Bertz CT molecular complexity index is 793. The number of hydrogen-bond donors (Lipinski definition) is 0. The number of hydrogen-bond acceptors (Lipinski definition) is 6. The molecule has 2 aromatic carbocycles. The number of rotatable bonds is 9. The van der Waals surface area contributed by atoms with Gasteiger partial charge in [0.2, 0.25) is 0 Å². The summed E-state index contributed by atoms with van der Waals surface area (Å²) in [5, 5.41) is 0. The third-order valence-electron chi connectivity index (χ3n) is 4.34. The second-order valence-electron chi connectivity index (χ2n) is 7.15. The van der Waals surface area contributed by atoms with E-state index in [0.717, 1.165) is 11.8 Å². The van der Waals surface area contributed by atoms with Gasteiger partial charge in [-0.25, -0.2) is 0 Å². The molecule has 28 heavy (non-hydrogen) atoms. The van der Waals surface area contributed by atoms with Gasteiger partial charge in [0, 0.05) is 18.1 Å². The highest BCUT2D eigenvalue weighted by molar-refractivity contribution is 6.64. The van der Waals surface area contributed by atoms with Crippen LogP contribution < -0.4 is 14.9 Å². The molecule has 2 aromatic rings. The number of carbonyl (C=O) groups excluding carboxylic acids is 1. The van der Waals surface area contributed by atoms with E-state index in [9.17, 15) is 4.79 Å². The van der Waals surface area contributed by atoms with Crippen molar-refractivity contribution in [2.24, 2.45) is 0 Å². The summed E-state index contributed by atoms with van der Waals surface area (Å²) in [7, 11) is 0.901. The van der Waals surface area contributed by atoms with Gasteiger partial charge in [-0.3, -0.25) is 4.79 Å². The molecule has 0 aliphatic carbocycles. The minimum atomic E-state index is -0.701. The summed E-state index contributed by atoms with van der Waals surface area (Å²) in [6.45, 7) is 5.38. The molecule has 0 unspecified atom stereocenters. The van der Waals surface area contributed by atoms with Crippen molar-refractivity contribution in [3.05, 3.63) is 53.6 Å². The number of carbonyl (C=O) groups is 1. The number of aldehydes is 1. The summed E-state index contributed by atoms with van der Waals surface area (Å²) in [5.74, 6) is 0.970. The predicted octanol–water partition coefficient (Wildman–Crippen LogP) is 2.62. The lowest BCUT2D eigenvalue weighted by Crippen LogP contribution is -2.38. The Balaban J connectivity index is 1.93. The summed E-state index contributed by atoms with van der Waals surface area (Å²) in [5.41, 5.74) is 1.57. The fraction of sp³-hybridized carbons (Fsp3) is 0.381. The maximum absolute atomic E-state index is 11.7. The second-order valence-corrected chi connectivity index (χ2v) is 7.15. The Hall–Kier alpha value is -2.35. The quantitative estimate of drug-likeness (QED) is 0.376. The molecular formula is C21H25BO6. The zero-order chi connectivity index (χ0) is 20.0. The molecule has 1 heterocycles. The third-order valence-corrected chi connectivity index (χ3v) is 4.34. The highest BCUT2D eigenvalue weighted by atomic mass is 16.7. The molecule has 0 saturated carbocycles. The van der Waals surface area contributed by atoms with Gasteiger partial charge in [-0.1, -0.05) is 30.3 Å². The summed E-state index contributed by atoms with van der Waals surface area (Å²) in [6, 6.07) is 13.3. The summed E-state index contributed by atoms with van der Waals surface area (Å²) >= 11 is 0. The van der Waals surface area contributed by atoms with Crippen LogP contribution in [0, 0.1) is 0 Å². The number of benzene rings is 2. The van der Waals surface area contributed by atoms with E-state index in [-0.39, 0.29) is 0 Å². The maximum atomic E-state index is 11.7. The van der Waals surface area contributed by atoms with E-state index in [1.807, 2.05) is 44.2 Å². The standard InChI is InChI=1S/C21H25BO6/c1-21(2)15-27-22(28-21)19-17(13-23)9-10-18(20(19)25-12-11-24-3)26-14-16-7-5-4-6-8-16/h4-10,13H,11-12,14-15H2,1-3H3. The Morgan fingerprint density at radius 3 is 2.54 bits per heavy atom. The fourth-order valence-electron chi connectivity index (χ4n) is 2.94. The van der Waals surface area contributed by atoms with E-state index in [1.54, 1.807) is 19.2 Å². The van der Waals surface area contributed by atoms with Gasteiger partial charge in [0.05, 0.1) is 18.8 Å². The zero-order valence-electron chi connectivity index (χ0n) is 16.5. The van der Waals surface area contributed by atoms with Gasteiger partial charge in [0.1, 0.15) is 19.5 Å². The van der Waals surface area contributed by atoms with Crippen LogP contribution in [-0.2, 0) is 20.7 Å². The molecule has 1 fully saturated rings. The van der Waals surface area contributed by atoms with Crippen molar-refractivity contribution in [2.75, 3.05) is 26.9 Å². The SMILES string of the molecule is COCCOc1c(OCc2ccccc2)ccc(C=O)c1B1OCC(C)(C)O1. The molecule has 3 rings (SSSR count). The first-order valence-electron chi connectivity index (χ1n) is 9.24. The molecule has 1 aliphatic rings. The molecular weight excluding hydrogens is 359 g/mol. The molecule has 6 nitrogen and oxygen atoms in total. The Morgan fingerprint density at radius 2 is 1.89 bits per heavy atom. The Labute approximate surface area is 165 Å². The van der Waals surface area contributed by atoms with Gasteiger partial charge in [0.25, 0.3) is 0 Å². The normalized spacial score (nSPS) is 15.5. The van der Waals surface area contributed by atoms with Crippen molar-refractivity contribution in [3.63, 3.8) is 0 Å². The van der Waals surface area contributed by atoms with Crippen LogP contribution in [0.3, 0.4) is 0 Å². The van der Waals surface area contributed by atoms with Crippen molar-refractivity contribution >= 4 is 18.9 Å². The van der Waals surface area contributed by atoms with Crippen LogP contribution in [0.25, 0.3) is 0 Å². The van der Waals surface area contributed by atoms with Gasteiger partial charge in [-0.15, -0.1) is 0 Å². The van der Waals surface area contributed by atoms with Crippen molar-refractivity contribution in [1.82, 2.24) is 0 Å². The molecule has 0 N–H and O–H groups in total. The smallest absolute Gasteiger partial charge is 0.488 e. The topological polar surface area (TPSA) is 63.2 Å². The fourth-order valence-corrected chi connectivity index (χ4v) is 2.94. The highest BCUT2D eigenvalue weighted by Crippen LogP contribution is 2.31. The molecule has 1 saturated heterocycles. The average Bonchev–Trinajstić information content (AvgIpc) is 3.06. The van der Waals surface area contributed by atoms with Gasteiger partial charge in [-0.05, 0) is 31.5 Å². The zero-order valence-corrected chi connectivity index (χ0v) is 16.5. The van der Waals surface area contributed by atoms with Crippen molar-refractivity contribution in [2.45, 2.75) is 26.1 Å². The molecule has 148 valence electrons. The van der Waals surface area contributed by atoms with Crippen molar-refractivity contribution < 1.29 is 28.3 Å². The molecule has 0 spiro atoms. The van der Waals surface area contributed by atoms with Gasteiger partial charge in [0.15, 0.2) is 11.5 Å². The van der Waals surface area contributed by atoms with Crippen LogP contribution in [0.1, 0.15) is 29.8 Å². The average molecular weight is 384 g/mol.